The summed E-state index contributed by atoms with van der Waals surface area (Å²) >= 11 is 0. The maximum Gasteiger partial charge on any atom is 0.244 e. The molecular formula is C22H27NO. The highest BCUT2D eigenvalue weighted by atomic mass is 16.1. The fourth-order valence-electron chi connectivity index (χ4n) is 2.47. The molecule has 0 aromatic heterocycles. The van der Waals surface area contributed by atoms with Crippen LogP contribution in [0.4, 0.5) is 0 Å². The van der Waals surface area contributed by atoms with E-state index in [2.05, 4.69) is 69.4 Å². The molecule has 0 radical (unpaired) electrons. The molecule has 0 saturated carbocycles. The zero-order valence-electron chi connectivity index (χ0n) is 15.3. The SMILES string of the molecule is Cc1ccc([C@H](C)NC(=O)/C=C/c2ccc(C(C)(C)C)cc2)cc1. The van der Waals surface area contributed by atoms with Gasteiger partial charge in [0.05, 0.1) is 6.04 Å². The molecule has 2 rings (SSSR count). The van der Waals surface area contributed by atoms with Crippen LogP contribution < -0.4 is 5.32 Å². The zero-order chi connectivity index (χ0) is 17.7. The summed E-state index contributed by atoms with van der Waals surface area (Å²) in [4.78, 5) is 12.1. The molecule has 0 spiro atoms. The van der Waals surface area contributed by atoms with Gasteiger partial charge in [-0.25, -0.2) is 0 Å². The van der Waals surface area contributed by atoms with E-state index >= 15 is 0 Å². The fraction of sp³-hybridized carbons (Fsp3) is 0.318. The van der Waals surface area contributed by atoms with Gasteiger partial charge in [0.25, 0.3) is 0 Å². The summed E-state index contributed by atoms with van der Waals surface area (Å²) in [5.41, 5.74) is 4.79. The van der Waals surface area contributed by atoms with E-state index in [1.165, 1.54) is 11.1 Å². The van der Waals surface area contributed by atoms with E-state index in [4.69, 9.17) is 0 Å². The van der Waals surface area contributed by atoms with Crippen molar-refractivity contribution in [3.8, 4) is 0 Å². The molecule has 2 heteroatoms. The predicted octanol–water partition coefficient (Wildman–Crippen LogP) is 5.18. The van der Waals surface area contributed by atoms with Crippen molar-refractivity contribution in [2.75, 3.05) is 0 Å². The third kappa shape index (κ3) is 5.09. The predicted molar refractivity (Wildman–Crippen MR) is 102 cm³/mol. The molecule has 0 fully saturated rings. The lowest BCUT2D eigenvalue weighted by atomic mass is 9.87. The van der Waals surface area contributed by atoms with Crippen molar-refractivity contribution in [3.05, 3.63) is 76.9 Å². The average molecular weight is 321 g/mol. The van der Waals surface area contributed by atoms with Crippen molar-refractivity contribution < 1.29 is 4.79 Å². The van der Waals surface area contributed by atoms with Crippen molar-refractivity contribution in [2.24, 2.45) is 0 Å². The van der Waals surface area contributed by atoms with Crippen LogP contribution in [-0.4, -0.2) is 5.91 Å². The lowest BCUT2D eigenvalue weighted by molar-refractivity contribution is -0.117. The smallest absolute Gasteiger partial charge is 0.244 e. The monoisotopic (exact) mass is 321 g/mol. The lowest BCUT2D eigenvalue weighted by Crippen LogP contribution is -2.24. The molecule has 0 bridgehead atoms. The Morgan fingerprint density at radius 3 is 2.12 bits per heavy atom. The number of rotatable bonds is 4. The van der Waals surface area contributed by atoms with Gasteiger partial charge >= 0.3 is 0 Å². The first kappa shape index (κ1) is 18.0. The normalized spacial score (nSPS) is 13.0. The molecule has 1 N–H and O–H groups in total. The van der Waals surface area contributed by atoms with Crippen LogP contribution in [0.1, 0.15) is 56.0 Å². The number of carbonyl (C=O) groups excluding carboxylic acids is 1. The van der Waals surface area contributed by atoms with Gasteiger partial charge in [0.1, 0.15) is 0 Å². The quantitative estimate of drug-likeness (QED) is 0.772. The van der Waals surface area contributed by atoms with Crippen LogP contribution in [-0.2, 0) is 10.2 Å². The van der Waals surface area contributed by atoms with Crippen LogP contribution in [0, 0.1) is 6.92 Å². The number of nitrogens with one attached hydrogen (secondary N) is 1. The summed E-state index contributed by atoms with van der Waals surface area (Å²) in [5.74, 6) is -0.0806. The molecule has 0 aliphatic rings. The third-order valence-corrected chi connectivity index (χ3v) is 4.14. The number of carbonyl (C=O) groups is 1. The van der Waals surface area contributed by atoms with Crippen LogP contribution in [0.15, 0.2) is 54.6 Å². The molecule has 0 saturated heterocycles. The van der Waals surface area contributed by atoms with Crippen LogP contribution in [0.2, 0.25) is 0 Å². The van der Waals surface area contributed by atoms with Gasteiger partial charge in [0.15, 0.2) is 0 Å². The van der Waals surface area contributed by atoms with Crippen molar-refractivity contribution >= 4 is 12.0 Å². The maximum atomic E-state index is 12.1. The number of aryl methyl sites for hydroxylation is 1. The first-order valence-corrected chi connectivity index (χ1v) is 8.41. The second kappa shape index (κ2) is 7.48. The summed E-state index contributed by atoms with van der Waals surface area (Å²) in [6.07, 6.45) is 3.44. The summed E-state index contributed by atoms with van der Waals surface area (Å²) < 4.78 is 0. The fourth-order valence-corrected chi connectivity index (χ4v) is 2.47. The number of hydrogen-bond donors (Lipinski definition) is 1. The Kier molecular flexibility index (Phi) is 5.61. The highest BCUT2D eigenvalue weighted by Gasteiger charge is 2.12. The molecule has 0 aliphatic carbocycles. The van der Waals surface area contributed by atoms with Crippen molar-refractivity contribution in [1.29, 1.82) is 0 Å². The molecular weight excluding hydrogens is 294 g/mol. The highest BCUT2D eigenvalue weighted by Crippen LogP contribution is 2.22. The molecule has 1 atom stereocenters. The minimum absolute atomic E-state index is 0.00832. The van der Waals surface area contributed by atoms with Gasteiger partial charge < -0.3 is 5.32 Å². The van der Waals surface area contributed by atoms with Crippen molar-refractivity contribution in [2.45, 2.75) is 46.1 Å². The Morgan fingerprint density at radius 1 is 1.00 bits per heavy atom. The van der Waals surface area contributed by atoms with E-state index in [1.807, 2.05) is 25.1 Å². The number of hydrogen-bond acceptors (Lipinski definition) is 1. The molecule has 24 heavy (non-hydrogen) atoms. The molecule has 1 amide bonds. The van der Waals surface area contributed by atoms with Gasteiger partial charge in [-0.05, 0) is 42.0 Å². The molecule has 126 valence electrons. The maximum absolute atomic E-state index is 12.1. The Bertz CT molecular complexity index is 703. The largest absolute Gasteiger partial charge is 0.346 e. The molecule has 0 aliphatic heterocycles. The Labute approximate surface area is 145 Å². The van der Waals surface area contributed by atoms with E-state index in [9.17, 15) is 4.79 Å². The molecule has 0 unspecified atom stereocenters. The molecule has 0 heterocycles. The molecule has 2 aromatic rings. The number of amides is 1. The van der Waals surface area contributed by atoms with Crippen molar-refractivity contribution in [1.82, 2.24) is 5.32 Å². The van der Waals surface area contributed by atoms with E-state index in [0.717, 1.165) is 11.1 Å². The van der Waals surface area contributed by atoms with Gasteiger partial charge in [0, 0.05) is 6.08 Å². The summed E-state index contributed by atoms with van der Waals surface area (Å²) in [5, 5.41) is 3.00. The van der Waals surface area contributed by atoms with Crippen molar-refractivity contribution in [3.63, 3.8) is 0 Å². The Balaban J connectivity index is 1.96. The van der Waals surface area contributed by atoms with Gasteiger partial charge in [-0.15, -0.1) is 0 Å². The minimum atomic E-state index is -0.0806. The van der Waals surface area contributed by atoms with E-state index in [0.29, 0.717) is 0 Å². The molecule has 2 nitrogen and oxygen atoms in total. The first-order valence-electron chi connectivity index (χ1n) is 8.41. The third-order valence-electron chi connectivity index (χ3n) is 4.14. The topological polar surface area (TPSA) is 29.1 Å². The van der Waals surface area contributed by atoms with Gasteiger partial charge in [0.2, 0.25) is 5.91 Å². The summed E-state index contributed by atoms with van der Waals surface area (Å²) in [6, 6.07) is 16.5. The standard InChI is InChI=1S/C22H27NO/c1-16-6-11-19(12-7-16)17(2)23-21(24)15-10-18-8-13-20(14-9-18)22(3,4)5/h6-15,17H,1-5H3,(H,23,24)/b15-10+/t17-/m0/s1. The van der Waals surface area contributed by atoms with E-state index in [-0.39, 0.29) is 17.4 Å². The molecule has 2 aromatic carbocycles. The van der Waals surface area contributed by atoms with E-state index < -0.39 is 0 Å². The zero-order valence-corrected chi connectivity index (χ0v) is 15.3. The van der Waals surface area contributed by atoms with Gasteiger partial charge in [-0.2, -0.15) is 0 Å². The van der Waals surface area contributed by atoms with Crippen LogP contribution >= 0.6 is 0 Å². The van der Waals surface area contributed by atoms with Crippen LogP contribution in [0.25, 0.3) is 6.08 Å². The van der Waals surface area contributed by atoms with E-state index in [1.54, 1.807) is 6.08 Å². The second-order valence-corrected chi connectivity index (χ2v) is 7.35. The average Bonchev–Trinajstić information content (AvgIpc) is 2.53. The minimum Gasteiger partial charge on any atom is -0.346 e. The van der Waals surface area contributed by atoms with Gasteiger partial charge in [-0.3, -0.25) is 4.79 Å². The highest BCUT2D eigenvalue weighted by molar-refractivity contribution is 5.91. The first-order chi connectivity index (χ1) is 11.3. The van der Waals surface area contributed by atoms with Crippen LogP contribution in [0.3, 0.4) is 0 Å². The Hall–Kier alpha value is -2.35. The van der Waals surface area contributed by atoms with Crippen LogP contribution in [0.5, 0.6) is 0 Å². The summed E-state index contributed by atoms with van der Waals surface area (Å²) in [7, 11) is 0. The second-order valence-electron chi connectivity index (χ2n) is 7.35. The summed E-state index contributed by atoms with van der Waals surface area (Å²) in [6.45, 7) is 10.6. The Morgan fingerprint density at radius 2 is 1.58 bits per heavy atom. The lowest BCUT2D eigenvalue weighted by Gasteiger charge is -2.18. The van der Waals surface area contributed by atoms with Gasteiger partial charge in [-0.1, -0.05) is 74.9 Å². The number of benzene rings is 2.